The second kappa shape index (κ2) is 7.43. The van der Waals surface area contributed by atoms with Gasteiger partial charge in [-0.3, -0.25) is 4.79 Å². The van der Waals surface area contributed by atoms with Crippen molar-refractivity contribution >= 4 is 23.4 Å². The number of carbonyl (C=O) groups excluding carboxylic acids is 1. The first-order chi connectivity index (χ1) is 12.0. The average Bonchev–Trinajstić information content (AvgIpc) is 3.06. The Morgan fingerprint density at radius 3 is 2.60 bits per heavy atom. The van der Waals surface area contributed by atoms with Crippen molar-refractivity contribution in [1.82, 2.24) is 10.2 Å². The van der Waals surface area contributed by atoms with E-state index < -0.39 is 5.82 Å². The molecule has 0 fully saturated rings. The fraction of sp³-hybridized carbons (Fsp3) is 0.118. The van der Waals surface area contributed by atoms with Gasteiger partial charge < -0.3 is 9.73 Å². The molecule has 0 bridgehead atoms. The maximum Gasteiger partial charge on any atom is 0.277 e. The molecule has 8 heteroatoms. The van der Waals surface area contributed by atoms with Gasteiger partial charge in [-0.1, -0.05) is 17.8 Å². The summed E-state index contributed by atoms with van der Waals surface area (Å²) >= 11 is 1.06. The van der Waals surface area contributed by atoms with Crippen LogP contribution in [-0.4, -0.2) is 21.9 Å². The second-order valence-electron chi connectivity index (χ2n) is 5.18. The molecular formula is C17H13F2N3O2S. The van der Waals surface area contributed by atoms with E-state index in [1.807, 2.05) is 0 Å². The normalized spacial score (nSPS) is 10.7. The van der Waals surface area contributed by atoms with E-state index in [9.17, 15) is 13.6 Å². The summed E-state index contributed by atoms with van der Waals surface area (Å²) in [7, 11) is 0. The number of halogens is 2. The molecule has 0 radical (unpaired) electrons. The Morgan fingerprint density at radius 1 is 1.12 bits per heavy atom. The molecule has 1 N–H and O–H groups in total. The van der Waals surface area contributed by atoms with Crippen LogP contribution in [0.3, 0.4) is 0 Å². The molecule has 128 valence electrons. The predicted molar refractivity (Wildman–Crippen MR) is 90.2 cm³/mol. The van der Waals surface area contributed by atoms with Crippen molar-refractivity contribution in [3.63, 3.8) is 0 Å². The fourth-order valence-corrected chi connectivity index (χ4v) is 2.58. The monoisotopic (exact) mass is 361 g/mol. The number of thioether (sulfide) groups is 1. The summed E-state index contributed by atoms with van der Waals surface area (Å²) in [6, 6.07) is 9.81. The Morgan fingerprint density at radius 2 is 1.84 bits per heavy atom. The zero-order chi connectivity index (χ0) is 17.8. The van der Waals surface area contributed by atoms with E-state index in [0.29, 0.717) is 11.3 Å². The number of anilines is 1. The van der Waals surface area contributed by atoms with Gasteiger partial charge >= 0.3 is 0 Å². The number of benzene rings is 2. The highest BCUT2D eigenvalue weighted by Crippen LogP contribution is 2.24. The van der Waals surface area contributed by atoms with Crippen LogP contribution in [0.5, 0.6) is 0 Å². The molecular weight excluding hydrogens is 348 g/mol. The van der Waals surface area contributed by atoms with Gasteiger partial charge in [0.1, 0.15) is 11.6 Å². The Kier molecular flexibility index (Phi) is 5.08. The number of carbonyl (C=O) groups is 1. The van der Waals surface area contributed by atoms with Crippen LogP contribution in [0.2, 0.25) is 0 Å². The third-order valence-electron chi connectivity index (χ3n) is 3.30. The van der Waals surface area contributed by atoms with Gasteiger partial charge in [0.05, 0.1) is 5.75 Å². The Labute approximate surface area is 146 Å². The lowest BCUT2D eigenvalue weighted by Crippen LogP contribution is -2.15. The fourth-order valence-electron chi connectivity index (χ4n) is 2.02. The van der Waals surface area contributed by atoms with E-state index >= 15 is 0 Å². The minimum absolute atomic E-state index is 0.0288. The number of nitrogens with zero attached hydrogens (tertiary/aromatic N) is 2. The van der Waals surface area contributed by atoms with Gasteiger partial charge in [-0.15, -0.1) is 10.2 Å². The van der Waals surface area contributed by atoms with E-state index in [-0.39, 0.29) is 28.6 Å². The van der Waals surface area contributed by atoms with Crippen LogP contribution >= 0.6 is 11.8 Å². The number of aromatic nitrogens is 2. The van der Waals surface area contributed by atoms with E-state index in [1.165, 1.54) is 36.4 Å². The molecule has 1 aromatic heterocycles. The van der Waals surface area contributed by atoms with Crippen molar-refractivity contribution < 1.29 is 18.0 Å². The molecule has 1 heterocycles. The molecule has 3 aromatic rings. The van der Waals surface area contributed by atoms with Crippen molar-refractivity contribution in [3.05, 3.63) is 59.7 Å². The Balaban J connectivity index is 1.59. The van der Waals surface area contributed by atoms with Crippen LogP contribution in [-0.2, 0) is 4.79 Å². The molecule has 1 amide bonds. The second-order valence-corrected chi connectivity index (χ2v) is 6.10. The van der Waals surface area contributed by atoms with Gasteiger partial charge in [0, 0.05) is 11.3 Å². The minimum atomic E-state index is -0.422. The smallest absolute Gasteiger partial charge is 0.277 e. The molecule has 2 aromatic carbocycles. The molecule has 3 rings (SSSR count). The first-order valence-corrected chi connectivity index (χ1v) is 8.28. The van der Waals surface area contributed by atoms with Gasteiger partial charge in [0.2, 0.25) is 11.8 Å². The van der Waals surface area contributed by atoms with Crippen LogP contribution in [0.15, 0.2) is 52.1 Å². The molecule has 0 unspecified atom stereocenters. The third kappa shape index (κ3) is 4.42. The summed E-state index contributed by atoms with van der Waals surface area (Å²) in [5.74, 6) is -0.832. The van der Waals surface area contributed by atoms with Crippen LogP contribution in [0.1, 0.15) is 5.56 Å². The number of aryl methyl sites for hydroxylation is 1. The molecule has 0 spiro atoms. The highest BCUT2D eigenvalue weighted by molar-refractivity contribution is 7.99. The predicted octanol–water partition coefficient (Wildman–Crippen LogP) is 4.05. The SMILES string of the molecule is Cc1ccc(F)cc1NC(=O)CSc1nnc(-c2ccc(F)cc2)o1. The maximum atomic E-state index is 13.2. The molecule has 0 atom stereocenters. The largest absolute Gasteiger partial charge is 0.411 e. The number of hydrogen-bond acceptors (Lipinski definition) is 5. The summed E-state index contributed by atoms with van der Waals surface area (Å²) in [6.07, 6.45) is 0. The first-order valence-electron chi connectivity index (χ1n) is 7.29. The van der Waals surface area contributed by atoms with Crippen LogP contribution in [0, 0.1) is 18.6 Å². The van der Waals surface area contributed by atoms with Crippen LogP contribution < -0.4 is 5.32 Å². The van der Waals surface area contributed by atoms with E-state index in [2.05, 4.69) is 15.5 Å². The minimum Gasteiger partial charge on any atom is -0.411 e. The standard InChI is InChI=1S/C17H13F2N3O2S/c1-10-2-5-13(19)8-14(10)20-15(23)9-25-17-22-21-16(24-17)11-3-6-12(18)7-4-11/h2-8H,9H2,1H3,(H,20,23). The third-order valence-corrected chi connectivity index (χ3v) is 4.12. The Bertz CT molecular complexity index is 897. The Hall–Kier alpha value is -2.74. The van der Waals surface area contributed by atoms with E-state index in [4.69, 9.17) is 4.42 Å². The highest BCUT2D eigenvalue weighted by Gasteiger charge is 2.12. The first kappa shape index (κ1) is 17.1. The van der Waals surface area contributed by atoms with Gasteiger partial charge in [0.15, 0.2) is 0 Å². The van der Waals surface area contributed by atoms with Gasteiger partial charge in [-0.05, 0) is 48.9 Å². The van der Waals surface area contributed by atoms with Gasteiger partial charge in [-0.2, -0.15) is 0 Å². The lowest BCUT2D eigenvalue weighted by atomic mass is 10.2. The number of rotatable bonds is 5. The van der Waals surface area contributed by atoms with E-state index in [0.717, 1.165) is 17.3 Å². The molecule has 0 saturated carbocycles. The van der Waals surface area contributed by atoms with Crippen LogP contribution in [0.25, 0.3) is 11.5 Å². The van der Waals surface area contributed by atoms with Crippen molar-refractivity contribution in [3.8, 4) is 11.5 Å². The topological polar surface area (TPSA) is 68.0 Å². The molecule has 0 aliphatic heterocycles. The molecule has 0 aliphatic rings. The summed E-state index contributed by atoms with van der Waals surface area (Å²) in [6.45, 7) is 1.77. The van der Waals surface area contributed by atoms with Crippen molar-refractivity contribution in [2.75, 3.05) is 11.1 Å². The van der Waals surface area contributed by atoms with Crippen molar-refractivity contribution in [1.29, 1.82) is 0 Å². The van der Waals surface area contributed by atoms with Crippen molar-refractivity contribution in [2.45, 2.75) is 12.1 Å². The number of amides is 1. The lowest BCUT2D eigenvalue weighted by molar-refractivity contribution is -0.113. The van der Waals surface area contributed by atoms with Crippen molar-refractivity contribution in [2.24, 2.45) is 0 Å². The summed E-state index contributed by atoms with van der Waals surface area (Å²) < 4.78 is 31.6. The average molecular weight is 361 g/mol. The molecule has 25 heavy (non-hydrogen) atoms. The maximum absolute atomic E-state index is 13.2. The summed E-state index contributed by atoms with van der Waals surface area (Å²) in [5.41, 5.74) is 1.76. The zero-order valence-corrected chi connectivity index (χ0v) is 13.9. The summed E-state index contributed by atoms with van der Waals surface area (Å²) in [5, 5.41) is 10.5. The van der Waals surface area contributed by atoms with E-state index in [1.54, 1.807) is 13.0 Å². The summed E-state index contributed by atoms with van der Waals surface area (Å²) in [4.78, 5) is 12.0. The zero-order valence-electron chi connectivity index (χ0n) is 13.1. The van der Waals surface area contributed by atoms with Gasteiger partial charge in [-0.25, -0.2) is 8.78 Å². The molecule has 0 aliphatic carbocycles. The number of nitrogens with one attached hydrogen (secondary N) is 1. The van der Waals surface area contributed by atoms with Gasteiger partial charge in [0.25, 0.3) is 5.22 Å². The quantitative estimate of drug-likeness (QED) is 0.694. The highest BCUT2D eigenvalue weighted by atomic mass is 32.2. The number of hydrogen-bond donors (Lipinski definition) is 1. The lowest BCUT2D eigenvalue weighted by Gasteiger charge is -2.07. The molecule has 0 saturated heterocycles. The molecule has 5 nitrogen and oxygen atoms in total. The van der Waals surface area contributed by atoms with Crippen LogP contribution in [0.4, 0.5) is 14.5 Å².